The van der Waals surface area contributed by atoms with Crippen molar-refractivity contribution in [1.82, 2.24) is 0 Å². The summed E-state index contributed by atoms with van der Waals surface area (Å²) in [5.74, 6) is 0. The van der Waals surface area contributed by atoms with Crippen molar-refractivity contribution in [3.05, 3.63) is 33.3 Å². The summed E-state index contributed by atoms with van der Waals surface area (Å²) in [5.41, 5.74) is 12.4. The van der Waals surface area contributed by atoms with Crippen LogP contribution in [0.25, 0.3) is 0 Å². The van der Waals surface area contributed by atoms with Gasteiger partial charge in [-0.2, -0.15) is 0 Å². The Bertz CT molecular complexity index is 294. The molecule has 0 aliphatic heterocycles. The van der Waals surface area contributed by atoms with Crippen LogP contribution in [0.15, 0.2) is 22.7 Å². The van der Waals surface area contributed by atoms with E-state index in [1.807, 2.05) is 18.2 Å². The molecule has 0 heterocycles. The van der Waals surface area contributed by atoms with Gasteiger partial charge in [0.2, 0.25) is 0 Å². The van der Waals surface area contributed by atoms with E-state index in [-0.39, 0.29) is 18.4 Å². The van der Waals surface area contributed by atoms with Gasteiger partial charge < -0.3 is 11.5 Å². The van der Waals surface area contributed by atoms with Crippen LogP contribution < -0.4 is 11.5 Å². The third-order valence-corrected chi connectivity index (χ3v) is 2.76. The first-order chi connectivity index (χ1) is 6.15. The lowest BCUT2D eigenvalue weighted by Crippen LogP contribution is -2.15. The molecule has 0 aliphatic rings. The van der Waals surface area contributed by atoms with E-state index in [1.165, 1.54) is 0 Å². The molecule has 0 radical (unpaired) electrons. The van der Waals surface area contributed by atoms with Crippen LogP contribution in [0.1, 0.15) is 18.0 Å². The number of hydrogen-bond acceptors (Lipinski definition) is 2. The van der Waals surface area contributed by atoms with Gasteiger partial charge in [-0.15, -0.1) is 12.4 Å². The van der Waals surface area contributed by atoms with Crippen LogP contribution in [0.5, 0.6) is 0 Å². The SMILES string of the molecule is Cl.NCC[C@@H](N)c1ccc(Cl)cc1Br. The number of hydrogen-bond donors (Lipinski definition) is 2. The number of benzene rings is 1. The van der Waals surface area contributed by atoms with Crippen LogP contribution >= 0.6 is 39.9 Å². The van der Waals surface area contributed by atoms with Gasteiger partial charge in [-0.1, -0.05) is 33.6 Å². The minimum Gasteiger partial charge on any atom is -0.330 e. The van der Waals surface area contributed by atoms with Crippen LogP contribution in [-0.2, 0) is 0 Å². The van der Waals surface area contributed by atoms with Gasteiger partial charge in [0, 0.05) is 15.5 Å². The molecule has 4 N–H and O–H groups in total. The third-order valence-electron chi connectivity index (χ3n) is 1.84. The van der Waals surface area contributed by atoms with Gasteiger partial charge in [0.15, 0.2) is 0 Å². The van der Waals surface area contributed by atoms with Crippen molar-refractivity contribution in [1.29, 1.82) is 0 Å². The van der Waals surface area contributed by atoms with Gasteiger partial charge in [-0.25, -0.2) is 0 Å². The van der Waals surface area contributed by atoms with Crippen molar-refractivity contribution in [3.63, 3.8) is 0 Å². The molecule has 80 valence electrons. The van der Waals surface area contributed by atoms with E-state index < -0.39 is 0 Å². The van der Waals surface area contributed by atoms with E-state index in [0.29, 0.717) is 11.6 Å². The van der Waals surface area contributed by atoms with Crippen molar-refractivity contribution in [2.45, 2.75) is 12.5 Å². The summed E-state index contributed by atoms with van der Waals surface area (Å²) in [6, 6.07) is 5.58. The van der Waals surface area contributed by atoms with E-state index in [9.17, 15) is 0 Å². The monoisotopic (exact) mass is 298 g/mol. The Morgan fingerprint density at radius 3 is 2.57 bits per heavy atom. The molecule has 1 rings (SSSR count). The zero-order valence-electron chi connectivity index (χ0n) is 7.54. The fraction of sp³-hybridized carbons (Fsp3) is 0.333. The summed E-state index contributed by atoms with van der Waals surface area (Å²) in [4.78, 5) is 0. The molecule has 0 spiro atoms. The molecule has 1 aromatic rings. The Balaban J connectivity index is 0.00000169. The zero-order valence-corrected chi connectivity index (χ0v) is 10.7. The normalized spacial score (nSPS) is 12.0. The van der Waals surface area contributed by atoms with E-state index in [0.717, 1.165) is 16.5 Å². The van der Waals surface area contributed by atoms with Crippen LogP contribution in [0.2, 0.25) is 5.02 Å². The lowest BCUT2D eigenvalue weighted by molar-refractivity contribution is 0.659. The fourth-order valence-electron chi connectivity index (χ4n) is 1.14. The summed E-state index contributed by atoms with van der Waals surface area (Å²) in [7, 11) is 0. The maximum atomic E-state index is 5.90. The molecule has 0 fully saturated rings. The maximum absolute atomic E-state index is 5.90. The first-order valence-electron chi connectivity index (χ1n) is 4.05. The van der Waals surface area contributed by atoms with Gasteiger partial charge in [-0.05, 0) is 30.7 Å². The molecular weight excluding hydrogens is 287 g/mol. The highest BCUT2D eigenvalue weighted by molar-refractivity contribution is 9.10. The molecule has 0 aromatic heterocycles. The predicted octanol–water partition coefficient (Wildman–Crippen LogP) is 2.87. The highest BCUT2D eigenvalue weighted by Gasteiger charge is 2.08. The van der Waals surface area contributed by atoms with Gasteiger partial charge in [0.25, 0.3) is 0 Å². The van der Waals surface area contributed by atoms with Crippen molar-refractivity contribution in [2.75, 3.05) is 6.54 Å². The van der Waals surface area contributed by atoms with Crippen molar-refractivity contribution < 1.29 is 0 Å². The molecule has 5 heteroatoms. The fourth-order valence-corrected chi connectivity index (χ4v) is 2.11. The topological polar surface area (TPSA) is 52.0 Å². The highest BCUT2D eigenvalue weighted by atomic mass is 79.9. The third kappa shape index (κ3) is 3.75. The number of nitrogens with two attached hydrogens (primary N) is 2. The average Bonchev–Trinajstić information content (AvgIpc) is 2.04. The van der Waals surface area contributed by atoms with Crippen molar-refractivity contribution >= 4 is 39.9 Å². The number of halogens is 3. The molecule has 0 saturated carbocycles. The first-order valence-corrected chi connectivity index (χ1v) is 5.23. The molecule has 1 aromatic carbocycles. The molecule has 0 aliphatic carbocycles. The second-order valence-electron chi connectivity index (χ2n) is 2.85. The molecule has 0 bridgehead atoms. The average molecular weight is 300 g/mol. The second-order valence-corrected chi connectivity index (χ2v) is 4.14. The van der Waals surface area contributed by atoms with Crippen molar-refractivity contribution in [2.24, 2.45) is 11.5 Å². The van der Waals surface area contributed by atoms with E-state index in [1.54, 1.807) is 0 Å². The molecular formula is C9H13BrCl2N2. The minimum absolute atomic E-state index is 0. The summed E-state index contributed by atoms with van der Waals surface area (Å²) in [6.07, 6.45) is 0.778. The standard InChI is InChI=1S/C9H12BrClN2.ClH/c10-8-5-6(11)1-2-7(8)9(13)3-4-12;/h1-2,5,9H,3-4,12-13H2;1H/t9-;/m1./s1. The molecule has 0 unspecified atom stereocenters. The van der Waals surface area contributed by atoms with E-state index in [2.05, 4.69) is 15.9 Å². The molecule has 1 atom stereocenters. The first kappa shape index (κ1) is 14.2. The molecule has 0 saturated heterocycles. The van der Waals surface area contributed by atoms with Gasteiger partial charge in [-0.3, -0.25) is 0 Å². The molecule has 2 nitrogen and oxygen atoms in total. The van der Waals surface area contributed by atoms with E-state index >= 15 is 0 Å². The smallest absolute Gasteiger partial charge is 0.0417 e. The van der Waals surface area contributed by atoms with Crippen LogP contribution in [0.3, 0.4) is 0 Å². The zero-order chi connectivity index (χ0) is 9.84. The predicted molar refractivity (Wildman–Crippen MR) is 67.0 cm³/mol. The Hall–Kier alpha value is 0.200. The maximum Gasteiger partial charge on any atom is 0.0417 e. The molecule has 0 amide bonds. The number of rotatable bonds is 3. The highest BCUT2D eigenvalue weighted by Crippen LogP contribution is 2.26. The minimum atomic E-state index is -0.0170. The lowest BCUT2D eigenvalue weighted by atomic mass is 10.1. The van der Waals surface area contributed by atoms with Crippen LogP contribution in [-0.4, -0.2) is 6.54 Å². The van der Waals surface area contributed by atoms with E-state index in [4.69, 9.17) is 23.1 Å². The largest absolute Gasteiger partial charge is 0.330 e. The summed E-state index contributed by atoms with van der Waals surface area (Å²) < 4.78 is 0.945. The van der Waals surface area contributed by atoms with Crippen LogP contribution in [0.4, 0.5) is 0 Å². The lowest BCUT2D eigenvalue weighted by Gasteiger charge is -2.12. The van der Waals surface area contributed by atoms with Gasteiger partial charge >= 0.3 is 0 Å². The Labute approximate surface area is 104 Å². The van der Waals surface area contributed by atoms with Crippen LogP contribution in [0, 0.1) is 0 Å². The Morgan fingerprint density at radius 1 is 1.43 bits per heavy atom. The van der Waals surface area contributed by atoms with Crippen molar-refractivity contribution in [3.8, 4) is 0 Å². The second kappa shape index (κ2) is 6.64. The summed E-state index contributed by atoms with van der Waals surface area (Å²) in [5, 5.41) is 0.704. The Morgan fingerprint density at radius 2 is 2.07 bits per heavy atom. The molecule has 14 heavy (non-hydrogen) atoms. The quantitative estimate of drug-likeness (QED) is 0.902. The Kier molecular flexibility index (Phi) is 6.74. The van der Waals surface area contributed by atoms with Gasteiger partial charge in [0.1, 0.15) is 0 Å². The van der Waals surface area contributed by atoms with Gasteiger partial charge in [0.05, 0.1) is 0 Å². The summed E-state index contributed by atoms with van der Waals surface area (Å²) in [6.45, 7) is 0.593. The summed E-state index contributed by atoms with van der Waals surface area (Å²) >= 11 is 9.22.